The zero-order valence-corrected chi connectivity index (χ0v) is 11.4. The summed E-state index contributed by atoms with van der Waals surface area (Å²) in [6.45, 7) is 0. The average molecular weight is 279 g/mol. The van der Waals surface area contributed by atoms with Crippen molar-refractivity contribution in [3.8, 4) is 0 Å². The van der Waals surface area contributed by atoms with E-state index < -0.39 is 0 Å². The molecule has 21 heavy (non-hydrogen) atoms. The topological polar surface area (TPSA) is 30.0 Å². The molecule has 0 saturated heterocycles. The van der Waals surface area contributed by atoms with Gasteiger partial charge in [-0.1, -0.05) is 30.3 Å². The number of nitrogens with zero attached hydrogens (tertiary/aromatic N) is 1. The number of Topliss-reactive ketones (excluding diaryl/α,β-unsaturated/α-hetero) is 1. The fraction of sp³-hybridized carbons (Fsp3) is 0.111. The van der Waals surface area contributed by atoms with Crippen LogP contribution in [0.4, 0.5) is 4.39 Å². The molecule has 104 valence electrons. The highest BCUT2D eigenvalue weighted by molar-refractivity contribution is 5.89. The van der Waals surface area contributed by atoms with Crippen LogP contribution in [0, 0.1) is 5.82 Å². The Morgan fingerprint density at radius 3 is 2.52 bits per heavy atom. The lowest BCUT2D eigenvalue weighted by Gasteiger charge is -2.05. The van der Waals surface area contributed by atoms with Gasteiger partial charge >= 0.3 is 0 Å². The molecule has 0 aliphatic heterocycles. The molecular weight excluding hydrogens is 265 g/mol. The standard InChI is InChI=1S/C18H14FNO/c19-15-7-5-13(6-8-15)11-16(21)12-14-9-10-20-18-4-2-1-3-17(14)18/h1-10H,11-12H2. The number of para-hydroxylation sites is 1. The number of carbonyl (C=O) groups excluding carboxylic acids is 1. The fourth-order valence-corrected chi connectivity index (χ4v) is 2.41. The SMILES string of the molecule is O=C(Cc1ccc(F)cc1)Cc1ccnc2ccccc12. The first-order valence-electron chi connectivity index (χ1n) is 6.81. The predicted molar refractivity (Wildman–Crippen MR) is 80.6 cm³/mol. The molecule has 0 spiro atoms. The van der Waals surface area contributed by atoms with Crippen molar-refractivity contribution in [1.82, 2.24) is 4.98 Å². The van der Waals surface area contributed by atoms with E-state index in [0.29, 0.717) is 12.8 Å². The monoisotopic (exact) mass is 279 g/mol. The van der Waals surface area contributed by atoms with Crippen molar-refractivity contribution in [3.63, 3.8) is 0 Å². The highest BCUT2D eigenvalue weighted by atomic mass is 19.1. The van der Waals surface area contributed by atoms with E-state index in [-0.39, 0.29) is 11.6 Å². The second-order valence-electron chi connectivity index (χ2n) is 5.01. The van der Waals surface area contributed by atoms with Crippen molar-refractivity contribution in [2.24, 2.45) is 0 Å². The van der Waals surface area contributed by atoms with E-state index in [1.54, 1.807) is 18.3 Å². The number of aromatic nitrogens is 1. The molecule has 3 aromatic rings. The molecule has 3 rings (SSSR count). The Morgan fingerprint density at radius 2 is 1.71 bits per heavy atom. The van der Waals surface area contributed by atoms with E-state index in [1.807, 2.05) is 30.3 Å². The molecule has 0 aliphatic rings. The fourth-order valence-electron chi connectivity index (χ4n) is 2.41. The molecule has 0 fully saturated rings. The number of rotatable bonds is 4. The Morgan fingerprint density at radius 1 is 0.952 bits per heavy atom. The molecule has 0 N–H and O–H groups in total. The van der Waals surface area contributed by atoms with Crippen molar-refractivity contribution in [1.29, 1.82) is 0 Å². The summed E-state index contributed by atoms with van der Waals surface area (Å²) in [6, 6.07) is 15.7. The Bertz CT molecular complexity index is 775. The van der Waals surface area contributed by atoms with Gasteiger partial charge in [0.2, 0.25) is 0 Å². The summed E-state index contributed by atoms with van der Waals surface area (Å²) < 4.78 is 12.9. The summed E-state index contributed by atoms with van der Waals surface area (Å²) in [4.78, 5) is 16.5. The Hall–Kier alpha value is -2.55. The van der Waals surface area contributed by atoms with E-state index in [0.717, 1.165) is 22.0 Å². The van der Waals surface area contributed by atoms with Gasteiger partial charge in [-0.2, -0.15) is 0 Å². The van der Waals surface area contributed by atoms with Gasteiger partial charge in [0, 0.05) is 24.4 Å². The number of carbonyl (C=O) groups is 1. The van der Waals surface area contributed by atoms with Gasteiger partial charge in [0.05, 0.1) is 5.52 Å². The predicted octanol–water partition coefficient (Wildman–Crippen LogP) is 3.73. The third-order valence-corrected chi connectivity index (χ3v) is 3.44. The zero-order chi connectivity index (χ0) is 14.7. The van der Waals surface area contributed by atoms with E-state index in [2.05, 4.69) is 4.98 Å². The van der Waals surface area contributed by atoms with E-state index in [9.17, 15) is 9.18 Å². The van der Waals surface area contributed by atoms with Crippen LogP contribution in [0.2, 0.25) is 0 Å². The molecule has 0 radical (unpaired) electrons. The third kappa shape index (κ3) is 3.14. The summed E-state index contributed by atoms with van der Waals surface area (Å²) in [7, 11) is 0. The van der Waals surface area contributed by atoms with Crippen LogP contribution in [-0.2, 0) is 17.6 Å². The maximum Gasteiger partial charge on any atom is 0.141 e. The molecule has 0 aliphatic carbocycles. The lowest BCUT2D eigenvalue weighted by atomic mass is 10.0. The van der Waals surface area contributed by atoms with E-state index >= 15 is 0 Å². The van der Waals surface area contributed by atoms with Crippen molar-refractivity contribution in [2.75, 3.05) is 0 Å². The van der Waals surface area contributed by atoms with Crippen molar-refractivity contribution >= 4 is 16.7 Å². The number of pyridine rings is 1. The van der Waals surface area contributed by atoms with Gasteiger partial charge in [-0.05, 0) is 35.4 Å². The number of benzene rings is 2. The van der Waals surface area contributed by atoms with Crippen LogP contribution in [-0.4, -0.2) is 10.8 Å². The summed E-state index contributed by atoms with van der Waals surface area (Å²) >= 11 is 0. The number of hydrogen-bond donors (Lipinski definition) is 0. The molecule has 0 saturated carbocycles. The lowest BCUT2D eigenvalue weighted by molar-refractivity contribution is -0.117. The van der Waals surface area contributed by atoms with Gasteiger partial charge in [-0.25, -0.2) is 4.39 Å². The summed E-state index contributed by atoms with van der Waals surface area (Å²) in [5.74, 6) is -0.177. The maximum absolute atomic E-state index is 12.9. The first-order chi connectivity index (χ1) is 10.2. The van der Waals surface area contributed by atoms with E-state index in [4.69, 9.17) is 0 Å². The molecule has 1 aromatic heterocycles. The number of hydrogen-bond acceptors (Lipinski definition) is 2. The van der Waals surface area contributed by atoms with Crippen molar-refractivity contribution in [2.45, 2.75) is 12.8 Å². The Labute approximate surface area is 122 Å². The zero-order valence-electron chi connectivity index (χ0n) is 11.4. The number of fused-ring (bicyclic) bond motifs is 1. The lowest BCUT2D eigenvalue weighted by Crippen LogP contribution is -2.07. The van der Waals surface area contributed by atoms with Crippen LogP contribution in [0.15, 0.2) is 60.8 Å². The second kappa shape index (κ2) is 5.83. The van der Waals surface area contributed by atoms with Crippen LogP contribution in [0.5, 0.6) is 0 Å². The molecule has 0 atom stereocenters. The van der Waals surface area contributed by atoms with Gasteiger partial charge in [-0.15, -0.1) is 0 Å². The van der Waals surface area contributed by atoms with Gasteiger partial charge < -0.3 is 0 Å². The van der Waals surface area contributed by atoms with Gasteiger partial charge in [0.25, 0.3) is 0 Å². The smallest absolute Gasteiger partial charge is 0.141 e. The van der Waals surface area contributed by atoms with Crippen LogP contribution in [0.1, 0.15) is 11.1 Å². The van der Waals surface area contributed by atoms with Crippen LogP contribution >= 0.6 is 0 Å². The first-order valence-corrected chi connectivity index (χ1v) is 6.81. The second-order valence-corrected chi connectivity index (χ2v) is 5.01. The van der Waals surface area contributed by atoms with Crippen molar-refractivity contribution in [3.05, 3.63) is 77.7 Å². The largest absolute Gasteiger partial charge is 0.299 e. The van der Waals surface area contributed by atoms with Crippen LogP contribution in [0.3, 0.4) is 0 Å². The molecule has 0 bridgehead atoms. The number of halogens is 1. The minimum atomic E-state index is -0.286. The van der Waals surface area contributed by atoms with Gasteiger partial charge in [-0.3, -0.25) is 9.78 Å². The summed E-state index contributed by atoms with van der Waals surface area (Å²) in [5.41, 5.74) is 2.71. The highest BCUT2D eigenvalue weighted by Gasteiger charge is 2.08. The first kappa shape index (κ1) is 13.4. The molecular formula is C18H14FNO. The van der Waals surface area contributed by atoms with Crippen LogP contribution < -0.4 is 0 Å². The molecule has 2 aromatic carbocycles. The van der Waals surface area contributed by atoms with Gasteiger partial charge in [0.1, 0.15) is 11.6 Å². The normalized spacial score (nSPS) is 10.7. The minimum Gasteiger partial charge on any atom is -0.299 e. The molecule has 1 heterocycles. The van der Waals surface area contributed by atoms with Gasteiger partial charge in [0.15, 0.2) is 0 Å². The Kier molecular flexibility index (Phi) is 3.73. The van der Waals surface area contributed by atoms with E-state index in [1.165, 1.54) is 12.1 Å². The maximum atomic E-state index is 12.9. The summed E-state index contributed by atoms with van der Waals surface area (Å²) in [5, 5.41) is 1.01. The third-order valence-electron chi connectivity index (χ3n) is 3.44. The average Bonchev–Trinajstić information content (AvgIpc) is 2.50. The quantitative estimate of drug-likeness (QED) is 0.728. The number of ketones is 1. The van der Waals surface area contributed by atoms with Crippen molar-refractivity contribution < 1.29 is 9.18 Å². The van der Waals surface area contributed by atoms with Crippen LogP contribution in [0.25, 0.3) is 10.9 Å². The summed E-state index contributed by atoms with van der Waals surface area (Å²) in [6.07, 6.45) is 2.40. The molecule has 3 heteroatoms. The molecule has 0 amide bonds. The minimum absolute atomic E-state index is 0.109. The molecule has 0 unspecified atom stereocenters. The Balaban J connectivity index is 1.79. The highest BCUT2D eigenvalue weighted by Crippen LogP contribution is 2.17. The molecule has 2 nitrogen and oxygen atoms in total.